The van der Waals surface area contributed by atoms with Gasteiger partial charge in [-0.1, -0.05) is 0 Å². The van der Waals surface area contributed by atoms with Gasteiger partial charge in [0.05, 0.1) is 11.0 Å². The summed E-state index contributed by atoms with van der Waals surface area (Å²) in [7, 11) is -4.16. The lowest BCUT2D eigenvalue weighted by Gasteiger charge is -2.34. The van der Waals surface area contributed by atoms with Gasteiger partial charge in [-0.25, -0.2) is 17.2 Å². The van der Waals surface area contributed by atoms with Crippen molar-refractivity contribution in [2.75, 3.05) is 6.54 Å². The molecule has 0 aromatic heterocycles. The van der Waals surface area contributed by atoms with Gasteiger partial charge in [0.25, 0.3) is 0 Å². The number of hydrogen-bond donors (Lipinski definition) is 2. The van der Waals surface area contributed by atoms with E-state index >= 15 is 0 Å². The van der Waals surface area contributed by atoms with E-state index in [1.165, 1.54) is 24.3 Å². The van der Waals surface area contributed by atoms with Crippen molar-refractivity contribution in [1.82, 2.24) is 4.31 Å². The number of ether oxygens (including phenoxy) is 1. The Morgan fingerprint density at radius 3 is 2.48 bits per heavy atom. The molecule has 0 aliphatic carbocycles. The predicted molar refractivity (Wildman–Crippen MR) is 97.7 cm³/mol. The van der Waals surface area contributed by atoms with E-state index in [2.05, 4.69) is 0 Å². The van der Waals surface area contributed by atoms with Gasteiger partial charge in [0.2, 0.25) is 10.0 Å². The predicted octanol–water partition coefficient (Wildman–Crippen LogP) is 2.14. The Morgan fingerprint density at radius 1 is 1.14 bits per heavy atom. The number of halogens is 2. The molecular weight excluding hydrogens is 408 g/mol. The molecule has 29 heavy (non-hydrogen) atoms. The SMILES string of the molecule is O=C(O)C1CCC(O)CN1S(=O)(=O)c1ccc(OCc2cc(F)ccc2F)cc1. The fourth-order valence-corrected chi connectivity index (χ4v) is 4.74. The maximum absolute atomic E-state index is 13.6. The highest BCUT2D eigenvalue weighted by molar-refractivity contribution is 7.89. The van der Waals surface area contributed by atoms with E-state index in [-0.39, 0.29) is 42.2 Å². The first kappa shape index (κ1) is 21.2. The van der Waals surface area contributed by atoms with E-state index in [1.807, 2.05) is 0 Å². The minimum atomic E-state index is -4.16. The molecule has 0 amide bonds. The summed E-state index contributed by atoms with van der Waals surface area (Å²) in [5.41, 5.74) is 0.00769. The highest BCUT2D eigenvalue weighted by Gasteiger charge is 2.40. The van der Waals surface area contributed by atoms with E-state index in [0.29, 0.717) is 0 Å². The maximum atomic E-state index is 13.6. The first-order chi connectivity index (χ1) is 13.7. The molecular formula is C19H19F2NO6S. The topological polar surface area (TPSA) is 104 Å². The zero-order chi connectivity index (χ0) is 21.2. The van der Waals surface area contributed by atoms with Crippen LogP contribution in [0.15, 0.2) is 47.4 Å². The molecule has 2 aromatic rings. The van der Waals surface area contributed by atoms with Crippen LogP contribution in [-0.4, -0.2) is 47.6 Å². The molecule has 3 rings (SSSR count). The Morgan fingerprint density at radius 2 is 1.83 bits per heavy atom. The fraction of sp³-hybridized carbons (Fsp3) is 0.316. The normalized spacial score (nSPS) is 20.4. The standard InChI is InChI=1S/C19H19F2NO6S/c20-13-1-7-17(21)12(9-13)11-28-15-3-5-16(6-4-15)29(26,27)22-10-14(23)2-8-18(22)19(24)25/h1,3-7,9,14,18,23H,2,8,10-11H2,(H,24,25). The average Bonchev–Trinajstić information content (AvgIpc) is 2.68. The first-order valence-corrected chi connectivity index (χ1v) is 10.2. The summed E-state index contributed by atoms with van der Waals surface area (Å²) in [4.78, 5) is 11.2. The van der Waals surface area contributed by atoms with Crippen LogP contribution < -0.4 is 4.74 Å². The molecule has 2 atom stereocenters. The third-order valence-electron chi connectivity index (χ3n) is 4.63. The molecule has 0 saturated carbocycles. The van der Waals surface area contributed by atoms with Crippen molar-refractivity contribution in [2.24, 2.45) is 0 Å². The summed E-state index contributed by atoms with van der Waals surface area (Å²) in [5, 5.41) is 19.1. The molecule has 1 aliphatic rings. The van der Waals surface area contributed by atoms with Crippen molar-refractivity contribution >= 4 is 16.0 Å². The van der Waals surface area contributed by atoms with E-state index in [4.69, 9.17) is 4.74 Å². The van der Waals surface area contributed by atoms with Crippen LogP contribution in [0.3, 0.4) is 0 Å². The molecule has 156 valence electrons. The summed E-state index contributed by atoms with van der Waals surface area (Å²) in [6, 6.07) is 6.84. The van der Waals surface area contributed by atoms with Gasteiger partial charge in [0, 0.05) is 12.1 Å². The summed E-state index contributed by atoms with van der Waals surface area (Å²) < 4.78 is 58.7. The lowest BCUT2D eigenvalue weighted by molar-refractivity contribution is -0.143. The molecule has 1 saturated heterocycles. The third-order valence-corrected chi connectivity index (χ3v) is 6.52. The van der Waals surface area contributed by atoms with Gasteiger partial charge in [-0.3, -0.25) is 4.79 Å². The number of aliphatic hydroxyl groups excluding tert-OH is 1. The highest BCUT2D eigenvalue weighted by Crippen LogP contribution is 2.27. The molecule has 2 N–H and O–H groups in total. The Kier molecular flexibility index (Phi) is 6.15. The molecule has 2 unspecified atom stereocenters. The minimum Gasteiger partial charge on any atom is -0.489 e. The number of aliphatic carboxylic acids is 1. The van der Waals surface area contributed by atoms with Crippen molar-refractivity contribution in [3.8, 4) is 5.75 Å². The number of benzene rings is 2. The van der Waals surface area contributed by atoms with E-state index < -0.39 is 39.8 Å². The summed E-state index contributed by atoms with van der Waals surface area (Å²) in [6.45, 7) is -0.564. The van der Waals surface area contributed by atoms with Crippen LogP contribution >= 0.6 is 0 Å². The number of carbonyl (C=O) groups is 1. The molecule has 1 aliphatic heterocycles. The van der Waals surface area contributed by atoms with Gasteiger partial charge in [0.15, 0.2) is 0 Å². The molecule has 0 bridgehead atoms. The number of sulfonamides is 1. The van der Waals surface area contributed by atoms with Gasteiger partial charge in [-0.05, 0) is 55.3 Å². The molecule has 7 nitrogen and oxygen atoms in total. The molecule has 2 aromatic carbocycles. The van der Waals surface area contributed by atoms with Crippen molar-refractivity contribution < 1.29 is 36.9 Å². The van der Waals surface area contributed by atoms with Crippen molar-refractivity contribution in [3.05, 3.63) is 59.7 Å². The zero-order valence-electron chi connectivity index (χ0n) is 15.2. The molecule has 0 spiro atoms. The van der Waals surface area contributed by atoms with Gasteiger partial charge in [-0.2, -0.15) is 4.31 Å². The van der Waals surface area contributed by atoms with Crippen LogP contribution in [0, 0.1) is 11.6 Å². The second-order valence-electron chi connectivity index (χ2n) is 6.66. The van der Waals surface area contributed by atoms with Gasteiger partial charge < -0.3 is 14.9 Å². The third kappa shape index (κ3) is 4.72. The largest absolute Gasteiger partial charge is 0.489 e. The van der Waals surface area contributed by atoms with Crippen LogP contribution in [0.25, 0.3) is 0 Å². The van der Waals surface area contributed by atoms with Crippen LogP contribution in [0.2, 0.25) is 0 Å². The number of carboxylic acids is 1. The summed E-state index contributed by atoms with van der Waals surface area (Å²) >= 11 is 0. The van der Waals surface area contributed by atoms with Crippen LogP contribution in [-0.2, 0) is 21.4 Å². The average molecular weight is 427 g/mol. The van der Waals surface area contributed by atoms with Crippen molar-refractivity contribution in [1.29, 1.82) is 0 Å². The van der Waals surface area contributed by atoms with E-state index in [0.717, 1.165) is 22.5 Å². The molecule has 1 heterocycles. The van der Waals surface area contributed by atoms with Crippen molar-refractivity contribution in [3.63, 3.8) is 0 Å². The Hall–Kier alpha value is -2.56. The minimum absolute atomic E-state index is 0.00769. The maximum Gasteiger partial charge on any atom is 0.322 e. The number of nitrogens with zero attached hydrogens (tertiary/aromatic N) is 1. The second-order valence-corrected chi connectivity index (χ2v) is 8.55. The molecule has 1 fully saturated rings. The van der Waals surface area contributed by atoms with Crippen LogP contribution in [0.5, 0.6) is 5.75 Å². The number of β-amino-alcohol motifs (C(OH)–C–C–N with tert-alkyl or cyclic N) is 1. The van der Waals surface area contributed by atoms with Crippen molar-refractivity contribution in [2.45, 2.75) is 36.5 Å². The van der Waals surface area contributed by atoms with Gasteiger partial charge >= 0.3 is 5.97 Å². The highest BCUT2D eigenvalue weighted by atomic mass is 32.2. The number of hydrogen-bond acceptors (Lipinski definition) is 5. The molecule has 10 heteroatoms. The monoisotopic (exact) mass is 427 g/mol. The fourth-order valence-electron chi connectivity index (χ4n) is 3.09. The zero-order valence-corrected chi connectivity index (χ0v) is 16.0. The Labute approximate surface area is 166 Å². The lowest BCUT2D eigenvalue weighted by atomic mass is 10.0. The van der Waals surface area contributed by atoms with Gasteiger partial charge in [-0.15, -0.1) is 0 Å². The summed E-state index contributed by atoms with van der Waals surface area (Å²) in [6.07, 6.45) is -0.730. The number of carboxylic acid groups (broad SMARTS) is 1. The lowest BCUT2D eigenvalue weighted by Crippen LogP contribution is -2.51. The molecule has 0 radical (unpaired) electrons. The quantitative estimate of drug-likeness (QED) is 0.732. The number of rotatable bonds is 6. The van der Waals surface area contributed by atoms with Gasteiger partial charge in [0.1, 0.15) is 30.0 Å². The Balaban J connectivity index is 1.76. The summed E-state index contributed by atoms with van der Waals surface area (Å²) in [5.74, 6) is -2.30. The number of piperidine rings is 1. The smallest absolute Gasteiger partial charge is 0.322 e. The van der Waals surface area contributed by atoms with E-state index in [9.17, 15) is 32.2 Å². The first-order valence-electron chi connectivity index (χ1n) is 8.78. The number of aliphatic hydroxyl groups is 1. The van der Waals surface area contributed by atoms with Crippen LogP contribution in [0.1, 0.15) is 18.4 Å². The van der Waals surface area contributed by atoms with E-state index in [1.54, 1.807) is 0 Å². The second kappa shape index (κ2) is 8.44. The van der Waals surface area contributed by atoms with Crippen LogP contribution in [0.4, 0.5) is 8.78 Å². The Bertz CT molecular complexity index is 996.